The van der Waals surface area contributed by atoms with Gasteiger partial charge in [0.05, 0.1) is 11.2 Å². The molecule has 0 saturated heterocycles. The number of nitrogens with zero attached hydrogens (tertiary/aromatic N) is 1. The van der Waals surface area contributed by atoms with E-state index in [1.807, 2.05) is 19.9 Å². The van der Waals surface area contributed by atoms with Gasteiger partial charge in [-0.1, -0.05) is 37.3 Å². The van der Waals surface area contributed by atoms with Gasteiger partial charge >= 0.3 is 6.61 Å². The topological polar surface area (TPSA) is 51.2 Å². The number of aromatic nitrogens is 1. The molecule has 1 amide bonds. The molecule has 28 heavy (non-hydrogen) atoms. The summed E-state index contributed by atoms with van der Waals surface area (Å²) in [4.78, 5) is 17.2. The van der Waals surface area contributed by atoms with E-state index in [1.54, 1.807) is 47.8 Å². The van der Waals surface area contributed by atoms with Crippen LogP contribution in [0.1, 0.15) is 35.6 Å². The van der Waals surface area contributed by atoms with E-state index in [1.165, 1.54) is 17.4 Å². The van der Waals surface area contributed by atoms with Gasteiger partial charge in [0.15, 0.2) is 0 Å². The highest BCUT2D eigenvalue weighted by Crippen LogP contribution is 2.35. The third-order valence-electron chi connectivity index (χ3n) is 4.49. The molecule has 1 N–H and O–H groups in total. The maximum atomic E-state index is 12.7. The largest absolute Gasteiger partial charge is 0.434 e. The first-order valence-corrected chi connectivity index (χ1v) is 9.68. The van der Waals surface area contributed by atoms with Gasteiger partial charge in [-0.15, -0.1) is 11.3 Å². The van der Waals surface area contributed by atoms with Crippen LogP contribution in [0.5, 0.6) is 5.75 Å². The van der Waals surface area contributed by atoms with Crippen LogP contribution in [0, 0.1) is 0 Å². The van der Waals surface area contributed by atoms with Crippen LogP contribution >= 0.6 is 11.3 Å². The first-order chi connectivity index (χ1) is 13.4. The van der Waals surface area contributed by atoms with Crippen LogP contribution in [0.2, 0.25) is 0 Å². The Balaban J connectivity index is 1.88. The number of carbonyl (C=O) groups excluding carboxylic acids is 1. The van der Waals surface area contributed by atoms with E-state index in [0.29, 0.717) is 28.2 Å². The lowest BCUT2D eigenvalue weighted by atomic mass is 9.99. The van der Waals surface area contributed by atoms with E-state index in [9.17, 15) is 13.6 Å². The molecule has 0 aliphatic heterocycles. The number of thiazole rings is 1. The maximum Gasteiger partial charge on any atom is 0.387 e. The second-order valence-corrected chi connectivity index (χ2v) is 7.28. The number of ether oxygens (including phenoxy) is 1. The number of halogens is 2. The molecule has 0 spiro atoms. The fraction of sp³-hybridized carbons (Fsp3) is 0.238. The van der Waals surface area contributed by atoms with Crippen molar-refractivity contribution in [2.75, 3.05) is 0 Å². The van der Waals surface area contributed by atoms with Gasteiger partial charge in [0, 0.05) is 16.5 Å². The zero-order valence-corrected chi connectivity index (χ0v) is 16.3. The van der Waals surface area contributed by atoms with Crippen LogP contribution in [0.4, 0.5) is 8.78 Å². The molecular weight excluding hydrogens is 382 g/mol. The lowest BCUT2D eigenvalue weighted by Gasteiger charge is -2.27. The molecule has 0 bridgehead atoms. The van der Waals surface area contributed by atoms with E-state index in [4.69, 9.17) is 0 Å². The first kappa shape index (κ1) is 19.9. The average molecular weight is 402 g/mol. The van der Waals surface area contributed by atoms with Crippen LogP contribution < -0.4 is 10.1 Å². The third kappa shape index (κ3) is 4.36. The number of hydrogen-bond acceptors (Lipinski definition) is 4. The fourth-order valence-corrected chi connectivity index (χ4v) is 3.74. The summed E-state index contributed by atoms with van der Waals surface area (Å²) in [6, 6.07) is 15.5. The Labute approximate surface area is 166 Å². The number of rotatable bonds is 7. The van der Waals surface area contributed by atoms with E-state index in [0.717, 1.165) is 0 Å². The van der Waals surface area contributed by atoms with Gasteiger partial charge in [-0.05, 0) is 37.6 Å². The van der Waals surface area contributed by atoms with Gasteiger partial charge in [-0.2, -0.15) is 8.78 Å². The van der Waals surface area contributed by atoms with Gasteiger partial charge in [-0.25, -0.2) is 4.98 Å². The minimum absolute atomic E-state index is 0.0703. The second-order valence-electron chi connectivity index (χ2n) is 6.42. The molecule has 0 unspecified atom stereocenters. The lowest BCUT2D eigenvalue weighted by Crippen LogP contribution is -2.43. The molecule has 146 valence electrons. The van der Waals surface area contributed by atoms with Crippen molar-refractivity contribution in [1.82, 2.24) is 10.3 Å². The summed E-state index contributed by atoms with van der Waals surface area (Å²) >= 11 is 1.37. The number of hydrogen-bond donors (Lipinski definition) is 1. The molecule has 0 radical (unpaired) electrons. The first-order valence-electron chi connectivity index (χ1n) is 8.80. The summed E-state index contributed by atoms with van der Waals surface area (Å²) in [5, 5.41) is 5.52. The standard InChI is InChI=1S/C21H20F2N2O2S/c1-3-21(2,25-18(26)14-9-5-4-6-10-14)19-24-16(13-28-19)15-11-7-8-12-17(15)27-20(22)23/h4-13,20H,3H2,1-2H3,(H,25,26)/t21-/m1/s1. The average Bonchev–Trinajstić information content (AvgIpc) is 3.19. The Hall–Kier alpha value is -2.80. The maximum absolute atomic E-state index is 12.7. The zero-order valence-electron chi connectivity index (χ0n) is 15.5. The minimum atomic E-state index is -2.91. The molecule has 0 saturated carbocycles. The summed E-state index contributed by atoms with van der Waals surface area (Å²) in [5.41, 5.74) is 0.895. The Bertz CT molecular complexity index is 946. The van der Waals surface area contributed by atoms with Crippen LogP contribution in [0.15, 0.2) is 60.0 Å². The highest BCUT2D eigenvalue weighted by Gasteiger charge is 2.31. The number of benzene rings is 2. The highest BCUT2D eigenvalue weighted by atomic mass is 32.1. The van der Waals surface area contributed by atoms with Gasteiger partial charge in [-0.3, -0.25) is 4.79 Å². The van der Waals surface area contributed by atoms with Crippen molar-refractivity contribution < 1.29 is 18.3 Å². The van der Waals surface area contributed by atoms with Crippen molar-refractivity contribution in [1.29, 1.82) is 0 Å². The summed E-state index contributed by atoms with van der Waals surface area (Å²) in [7, 11) is 0. The predicted octanol–water partition coefficient (Wildman–Crippen LogP) is 5.47. The molecule has 0 fully saturated rings. The van der Waals surface area contributed by atoms with Crippen molar-refractivity contribution in [2.24, 2.45) is 0 Å². The van der Waals surface area contributed by atoms with Gasteiger partial charge in [0.1, 0.15) is 10.8 Å². The van der Waals surface area contributed by atoms with Gasteiger partial charge < -0.3 is 10.1 Å². The van der Waals surface area contributed by atoms with Gasteiger partial charge in [0.25, 0.3) is 5.91 Å². The Kier molecular flexibility index (Phi) is 6.04. The quantitative estimate of drug-likeness (QED) is 0.570. The number of nitrogens with one attached hydrogen (secondary N) is 1. The van der Waals surface area contributed by atoms with Crippen LogP contribution in [-0.2, 0) is 5.54 Å². The smallest absolute Gasteiger partial charge is 0.387 e. The van der Waals surface area contributed by atoms with Crippen molar-refractivity contribution in [3.63, 3.8) is 0 Å². The minimum Gasteiger partial charge on any atom is -0.434 e. The van der Waals surface area contributed by atoms with E-state index >= 15 is 0 Å². The molecule has 7 heteroatoms. The molecule has 3 rings (SSSR count). The number of para-hydroxylation sites is 1. The SMILES string of the molecule is CC[C@@](C)(NC(=O)c1ccccc1)c1nc(-c2ccccc2OC(F)F)cs1. The molecule has 1 atom stereocenters. The van der Waals surface area contributed by atoms with Crippen molar-refractivity contribution in [3.05, 3.63) is 70.5 Å². The number of carbonyl (C=O) groups is 1. The fourth-order valence-electron chi connectivity index (χ4n) is 2.73. The van der Waals surface area contributed by atoms with E-state index < -0.39 is 12.2 Å². The Morgan fingerprint density at radius 3 is 2.54 bits per heavy atom. The van der Waals surface area contributed by atoms with Crippen molar-refractivity contribution >= 4 is 17.2 Å². The summed E-state index contributed by atoms with van der Waals surface area (Å²) in [6.45, 7) is 0.948. The van der Waals surface area contributed by atoms with E-state index in [-0.39, 0.29) is 11.7 Å². The van der Waals surface area contributed by atoms with Crippen LogP contribution in [-0.4, -0.2) is 17.5 Å². The molecule has 2 aromatic carbocycles. The second kappa shape index (κ2) is 8.48. The third-order valence-corrected chi connectivity index (χ3v) is 5.59. The zero-order chi connectivity index (χ0) is 20.1. The number of alkyl halides is 2. The Morgan fingerprint density at radius 1 is 1.18 bits per heavy atom. The molecule has 1 heterocycles. The summed E-state index contributed by atoms with van der Waals surface area (Å²) in [6.07, 6.45) is 0.619. The van der Waals surface area contributed by atoms with Crippen molar-refractivity contribution in [2.45, 2.75) is 32.4 Å². The monoisotopic (exact) mass is 402 g/mol. The lowest BCUT2D eigenvalue weighted by molar-refractivity contribution is -0.0494. The molecular formula is C21H20F2N2O2S. The Morgan fingerprint density at radius 2 is 1.86 bits per heavy atom. The van der Waals surface area contributed by atoms with E-state index in [2.05, 4.69) is 15.0 Å². The summed E-state index contributed by atoms with van der Waals surface area (Å²) in [5.74, 6) is -0.121. The summed E-state index contributed by atoms with van der Waals surface area (Å²) < 4.78 is 30.0. The normalized spacial score (nSPS) is 13.2. The van der Waals surface area contributed by atoms with Gasteiger partial charge in [0.2, 0.25) is 0 Å². The molecule has 4 nitrogen and oxygen atoms in total. The highest BCUT2D eigenvalue weighted by molar-refractivity contribution is 7.10. The predicted molar refractivity (Wildman–Crippen MR) is 106 cm³/mol. The molecule has 1 aromatic heterocycles. The molecule has 3 aromatic rings. The van der Waals surface area contributed by atoms with Crippen LogP contribution in [0.3, 0.4) is 0 Å². The molecule has 0 aliphatic carbocycles. The molecule has 0 aliphatic rings. The van der Waals surface area contributed by atoms with Crippen LogP contribution in [0.25, 0.3) is 11.3 Å². The number of amides is 1. The van der Waals surface area contributed by atoms with Crippen molar-refractivity contribution in [3.8, 4) is 17.0 Å².